The lowest BCUT2D eigenvalue weighted by atomic mass is 10.0. The van der Waals surface area contributed by atoms with Crippen molar-refractivity contribution in [2.75, 3.05) is 19.6 Å². The molecule has 20 heavy (non-hydrogen) atoms. The van der Waals surface area contributed by atoms with Crippen LogP contribution in [0.2, 0.25) is 0 Å². The molecule has 118 valence electrons. The van der Waals surface area contributed by atoms with E-state index in [1.165, 1.54) is 12.8 Å². The number of halogens is 1. The zero-order valence-corrected chi connectivity index (χ0v) is 13.7. The largest absolute Gasteiger partial charge is 0.353 e. The minimum atomic E-state index is 0. The van der Waals surface area contributed by atoms with Crippen molar-refractivity contribution in [3.8, 4) is 0 Å². The Balaban J connectivity index is 0.00000200. The third-order valence-electron chi connectivity index (χ3n) is 4.51. The SMILES string of the molecule is CC(C)N1CCC(NC(=O)CCC2CCCN2)CC1.Cl. The first-order chi connectivity index (χ1) is 9.15. The number of hydrogen-bond acceptors (Lipinski definition) is 3. The Labute approximate surface area is 129 Å². The van der Waals surface area contributed by atoms with Gasteiger partial charge in [-0.05, 0) is 52.5 Å². The van der Waals surface area contributed by atoms with Crippen molar-refractivity contribution in [1.29, 1.82) is 0 Å². The zero-order valence-electron chi connectivity index (χ0n) is 12.9. The zero-order chi connectivity index (χ0) is 13.7. The number of hydrogen-bond donors (Lipinski definition) is 2. The summed E-state index contributed by atoms with van der Waals surface area (Å²) >= 11 is 0. The van der Waals surface area contributed by atoms with E-state index in [2.05, 4.69) is 29.4 Å². The molecular weight excluding hydrogens is 274 g/mol. The Bertz CT molecular complexity index is 285. The lowest BCUT2D eigenvalue weighted by Gasteiger charge is -2.34. The van der Waals surface area contributed by atoms with E-state index in [0.29, 0.717) is 24.5 Å². The molecular formula is C15H30ClN3O. The Morgan fingerprint density at radius 3 is 2.55 bits per heavy atom. The van der Waals surface area contributed by atoms with E-state index in [9.17, 15) is 4.79 Å². The van der Waals surface area contributed by atoms with Gasteiger partial charge in [0, 0.05) is 37.6 Å². The molecule has 1 atom stereocenters. The van der Waals surface area contributed by atoms with Gasteiger partial charge >= 0.3 is 0 Å². The maximum atomic E-state index is 11.9. The molecule has 2 aliphatic rings. The smallest absolute Gasteiger partial charge is 0.220 e. The molecule has 0 aromatic rings. The Kier molecular flexibility index (Phi) is 7.85. The molecule has 1 unspecified atom stereocenters. The number of nitrogens with zero attached hydrogens (tertiary/aromatic N) is 1. The third kappa shape index (κ3) is 5.58. The van der Waals surface area contributed by atoms with Crippen LogP contribution >= 0.6 is 12.4 Å². The summed E-state index contributed by atoms with van der Waals surface area (Å²) in [6, 6.07) is 1.61. The number of carbonyl (C=O) groups excluding carboxylic acids is 1. The highest BCUT2D eigenvalue weighted by Crippen LogP contribution is 2.14. The van der Waals surface area contributed by atoms with Crippen molar-refractivity contribution in [2.24, 2.45) is 0 Å². The van der Waals surface area contributed by atoms with E-state index in [1.54, 1.807) is 0 Å². The van der Waals surface area contributed by atoms with Crippen LogP contribution < -0.4 is 10.6 Å². The van der Waals surface area contributed by atoms with Gasteiger partial charge in [0.15, 0.2) is 0 Å². The van der Waals surface area contributed by atoms with E-state index < -0.39 is 0 Å². The van der Waals surface area contributed by atoms with Crippen molar-refractivity contribution in [1.82, 2.24) is 15.5 Å². The number of rotatable bonds is 5. The van der Waals surface area contributed by atoms with Gasteiger partial charge in [-0.2, -0.15) is 0 Å². The van der Waals surface area contributed by atoms with E-state index in [-0.39, 0.29) is 18.3 Å². The maximum absolute atomic E-state index is 11.9. The molecule has 2 fully saturated rings. The van der Waals surface area contributed by atoms with Crippen molar-refractivity contribution in [2.45, 2.75) is 70.5 Å². The topological polar surface area (TPSA) is 44.4 Å². The van der Waals surface area contributed by atoms with Gasteiger partial charge < -0.3 is 15.5 Å². The molecule has 0 aromatic heterocycles. The molecule has 0 saturated carbocycles. The molecule has 0 radical (unpaired) electrons. The number of piperidine rings is 1. The Morgan fingerprint density at radius 2 is 2.00 bits per heavy atom. The van der Waals surface area contributed by atoms with Crippen molar-refractivity contribution in [3.05, 3.63) is 0 Å². The van der Waals surface area contributed by atoms with Gasteiger partial charge in [-0.15, -0.1) is 12.4 Å². The maximum Gasteiger partial charge on any atom is 0.220 e. The number of amides is 1. The monoisotopic (exact) mass is 303 g/mol. The molecule has 1 amide bonds. The summed E-state index contributed by atoms with van der Waals surface area (Å²) in [6.45, 7) is 7.85. The number of carbonyl (C=O) groups is 1. The molecule has 0 aromatic carbocycles. The molecule has 2 rings (SSSR count). The molecule has 2 N–H and O–H groups in total. The number of likely N-dealkylation sites (tertiary alicyclic amines) is 1. The van der Waals surface area contributed by atoms with Gasteiger partial charge in [0.25, 0.3) is 0 Å². The van der Waals surface area contributed by atoms with Crippen LogP contribution in [-0.4, -0.2) is 48.6 Å². The second-order valence-electron chi connectivity index (χ2n) is 6.30. The third-order valence-corrected chi connectivity index (χ3v) is 4.51. The highest BCUT2D eigenvalue weighted by molar-refractivity contribution is 5.85. The summed E-state index contributed by atoms with van der Waals surface area (Å²) in [5, 5.41) is 6.66. The van der Waals surface area contributed by atoms with E-state index in [4.69, 9.17) is 0 Å². The Morgan fingerprint density at radius 1 is 1.30 bits per heavy atom. The van der Waals surface area contributed by atoms with Crippen molar-refractivity contribution < 1.29 is 4.79 Å². The van der Waals surface area contributed by atoms with Crippen molar-refractivity contribution >= 4 is 18.3 Å². The van der Waals surface area contributed by atoms with E-state index in [0.717, 1.165) is 38.9 Å². The first kappa shape index (κ1) is 17.7. The van der Waals surface area contributed by atoms with Gasteiger partial charge in [0.2, 0.25) is 5.91 Å². The van der Waals surface area contributed by atoms with Crippen LogP contribution in [0.15, 0.2) is 0 Å². The first-order valence-electron chi connectivity index (χ1n) is 7.92. The van der Waals surface area contributed by atoms with Crippen LogP contribution in [0.3, 0.4) is 0 Å². The second kappa shape index (κ2) is 8.85. The molecule has 4 nitrogen and oxygen atoms in total. The normalized spacial score (nSPS) is 24.6. The van der Waals surface area contributed by atoms with E-state index >= 15 is 0 Å². The summed E-state index contributed by atoms with van der Waals surface area (Å²) in [7, 11) is 0. The minimum Gasteiger partial charge on any atom is -0.353 e. The van der Waals surface area contributed by atoms with Gasteiger partial charge in [-0.25, -0.2) is 0 Å². The minimum absolute atomic E-state index is 0. The second-order valence-corrected chi connectivity index (χ2v) is 6.30. The summed E-state index contributed by atoms with van der Waals surface area (Å²) < 4.78 is 0. The van der Waals surface area contributed by atoms with Gasteiger partial charge in [0.05, 0.1) is 0 Å². The van der Waals surface area contributed by atoms with Crippen molar-refractivity contribution in [3.63, 3.8) is 0 Å². The molecule has 2 aliphatic heterocycles. The molecule has 0 aliphatic carbocycles. The Hall–Kier alpha value is -0.320. The molecule has 2 saturated heterocycles. The van der Waals surface area contributed by atoms with Crippen LogP contribution in [0.25, 0.3) is 0 Å². The summed E-state index contributed by atoms with van der Waals surface area (Å²) in [4.78, 5) is 14.4. The highest BCUT2D eigenvalue weighted by Gasteiger charge is 2.22. The van der Waals surface area contributed by atoms with Gasteiger partial charge in [-0.3, -0.25) is 4.79 Å². The standard InChI is InChI=1S/C15H29N3O.ClH/c1-12(2)18-10-7-14(8-11-18)17-15(19)6-5-13-4-3-9-16-13;/h12-14,16H,3-11H2,1-2H3,(H,17,19);1H. The first-order valence-corrected chi connectivity index (χ1v) is 7.92. The summed E-state index contributed by atoms with van der Waals surface area (Å²) in [6.07, 6.45) is 6.38. The fraction of sp³-hybridized carbons (Fsp3) is 0.933. The molecule has 0 spiro atoms. The fourth-order valence-electron chi connectivity index (χ4n) is 3.17. The van der Waals surface area contributed by atoms with Crippen LogP contribution in [0, 0.1) is 0 Å². The fourth-order valence-corrected chi connectivity index (χ4v) is 3.17. The van der Waals surface area contributed by atoms with Crippen LogP contribution in [0.1, 0.15) is 52.4 Å². The van der Waals surface area contributed by atoms with Gasteiger partial charge in [-0.1, -0.05) is 0 Å². The molecule has 0 bridgehead atoms. The predicted molar refractivity (Wildman–Crippen MR) is 85.4 cm³/mol. The van der Waals surface area contributed by atoms with Gasteiger partial charge in [0.1, 0.15) is 0 Å². The highest BCUT2D eigenvalue weighted by atomic mass is 35.5. The lowest BCUT2D eigenvalue weighted by molar-refractivity contribution is -0.122. The summed E-state index contributed by atoms with van der Waals surface area (Å²) in [5.74, 6) is 0.247. The predicted octanol–water partition coefficient (Wildman–Crippen LogP) is 1.93. The summed E-state index contributed by atoms with van der Waals surface area (Å²) in [5.41, 5.74) is 0. The molecule has 2 heterocycles. The van der Waals surface area contributed by atoms with Crippen LogP contribution in [0.4, 0.5) is 0 Å². The van der Waals surface area contributed by atoms with Crippen LogP contribution in [0.5, 0.6) is 0 Å². The lowest BCUT2D eigenvalue weighted by Crippen LogP contribution is -2.46. The van der Waals surface area contributed by atoms with E-state index in [1.807, 2.05) is 0 Å². The quantitative estimate of drug-likeness (QED) is 0.816. The average Bonchev–Trinajstić information content (AvgIpc) is 2.90. The van der Waals surface area contributed by atoms with Crippen LogP contribution in [-0.2, 0) is 4.79 Å². The number of nitrogens with one attached hydrogen (secondary N) is 2. The average molecular weight is 304 g/mol. The molecule has 5 heteroatoms.